The lowest BCUT2D eigenvalue weighted by Gasteiger charge is -2.59. The summed E-state index contributed by atoms with van der Waals surface area (Å²) in [4.78, 5) is 40.3. The Balaban J connectivity index is 1.03. The molecule has 4 aliphatic carbocycles. The van der Waals surface area contributed by atoms with E-state index in [9.17, 15) is 9.59 Å². The molecule has 9 heteroatoms. The standard InChI is InChI=1S/C34H47N7O2/c1-3-26(4-2)38-11-13-39(14-12-38)27-9-10-30(36-22-27)40-15-16-41(29-8-6-5-7-28(29)40)33(43)37-31-24-17-23-18-25(31)21-34(19-23,20-24)32(35)42/h5-10,22-26,31H,3-4,11-21H2,1-2H3,(H2,35,42)(H,37,43)/t23?,24-,25+,31?,34?. The molecule has 0 radical (unpaired) electrons. The van der Waals surface area contributed by atoms with Gasteiger partial charge in [-0.3, -0.25) is 14.6 Å². The first-order valence-corrected chi connectivity index (χ1v) is 16.6. The van der Waals surface area contributed by atoms with Gasteiger partial charge in [0.25, 0.3) is 0 Å². The molecule has 0 spiro atoms. The molecule has 2 aromatic rings. The average molecular weight is 586 g/mol. The number of hydrogen-bond donors (Lipinski definition) is 2. The van der Waals surface area contributed by atoms with Crippen LogP contribution in [0.2, 0.25) is 0 Å². The van der Waals surface area contributed by atoms with Crippen molar-refractivity contribution in [3.05, 3.63) is 42.6 Å². The molecule has 8 rings (SSSR count). The van der Waals surface area contributed by atoms with E-state index in [0.29, 0.717) is 36.9 Å². The molecular formula is C34H47N7O2. The van der Waals surface area contributed by atoms with Crippen molar-refractivity contribution in [1.29, 1.82) is 0 Å². The Hall–Kier alpha value is -3.33. The largest absolute Gasteiger partial charge is 0.369 e. The van der Waals surface area contributed by atoms with Gasteiger partial charge in [-0.15, -0.1) is 0 Å². The van der Waals surface area contributed by atoms with E-state index in [1.54, 1.807) is 0 Å². The Morgan fingerprint density at radius 2 is 1.63 bits per heavy atom. The van der Waals surface area contributed by atoms with Crippen molar-refractivity contribution in [3.63, 3.8) is 0 Å². The number of nitrogens with one attached hydrogen (secondary N) is 1. The maximum atomic E-state index is 13.8. The van der Waals surface area contributed by atoms with Crippen LogP contribution in [0.25, 0.3) is 0 Å². The van der Waals surface area contributed by atoms with Crippen molar-refractivity contribution in [2.75, 3.05) is 54.0 Å². The highest BCUT2D eigenvalue weighted by Crippen LogP contribution is 2.60. The first kappa shape index (κ1) is 28.4. The summed E-state index contributed by atoms with van der Waals surface area (Å²) in [5.41, 5.74) is 8.63. The molecule has 3 amide bonds. The molecule has 2 aliphatic heterocycles. The summed E-state index contributed by atoms with van der Waals surface area (Å²) in [6, 6.07) is 13.2. The molecule has 1 saturated heterocycles. The number of hydrogen-bond acceptors (Lipinski definition) is 6. The first-order valence-electron chi connectivity index (χ1n) is 16.6. The van der Waals surface area contributed by atoms with Crippen molar-refractivity contribution in [1.82, 2.24) is 15.2 Å². The van der Waals surface area contributed by atoms with Gasteiger partial charge in [-0.25, -0.2) is 9.78 Å². The molecule has 4 bridgehead atoms. The van der Waals surface area contributed by atoms with Gasteiger partial charge in [-0.1, -0.05) is 26.0 Å². The van der Waals surface area contributed by atoms with Crippen LogP contribution in [-0.4, -0.2) is 73.2 Å². The number of carbonyl (C=O) groups excluding carboxylic acids is 2. The fourth-order valence-electron chi connectivity index (χ4n) is 9.47. The monoisotopic (exact) mass is 585 g/mol. The average Bonchev–Trinajstić information content (AvgIpc) is 3.03. The molecule has 5 atom stereocenters. The molecule has 43 heavy (non-hydrogen) atoms. The van der Waals surface area contributed by atoms with E-state index in [1.165, 1.54) is 18.5 Å². The highest BCUT2D eigenvalue weighted by Gasteiger charge is 2.58. The lowest BCUT2D eigenvalue weighted by molar-refractivity contribution is -0.145. The van der Waals surface area contributed by atoms with Crippen LogP contribution in [0.3, 0.4) is 0 Å². The van der Waals surface area contributed by atoms with E-state index < -0.39 is 0 Å². The van der Waals surface area contributed by atoms with Crippen molar-refractivity contribution >= 4 is 34.8 Å². The van der Waals surface area contributed by atoms with E-state index in [2.05, 4.69) is 52.1 Å². The third kappa shape index (κ3) is 5.03. The van der Waals surface area contributed by atoms with Gasteiger partial charge in [0.05, 0.1) is 23.3 Å². The molecular weight excluding hydrogens is 538 g/mol. The van der Waals surface area contributed by atoms with Crippen LogP contribution >= 0.6 is 0 Å². The quantitative estimate of drug-likeness (QED) is 0.487. The normalized spacial score (nSPS) is 30.1. The third-order valence-corrected chi connectivity index (χ3v) is 11.5. The smallest absolute Gasteiger partial charge is 0.322 e. The Labute approximate surface area is 255 Å². The number of rotatable bonds is 7. The Morgan fingerprint density at radius 3 is 2.26 bits per heavy atom. The van der Waals surface area contributed by atoms with Gasteiger partial charge in [-0.2, -0.15) is 0 Å². The van der Waals surface area contributed by atoms with Crippen LogP contribution in [0.15, 0.2) is 42.6 Å². The van der Waals surface area contributed by atoms with Crippen LogP contribution in [-0.2, 0) is 4.79 Å². The van der Waals surface area contributed by atoms with E-state index in [1.807, 2.05) is 29.3 Å². The number of benzene rings is 1. The number of anilines is 4. The maximum Gasteiger partial charge on any atom is 0.322 e. The first-order chi connectivity index (χ1) is 20.9. The summed E-state index contributed by atoms with van der Waals surface area (Å²) < 4.78 is 0. The Bertz CT molecular complexity index is 1320. The van der Waals surface area contributed by atoms with Crippen molar-refractivity contribution in [2.45, 2.75) is 70.9 Å². The van der Waals surface area contributed by atoms with Crippen molar-refractivity contribution < 1.29 is 9.59 Å². The van der Waals surface area contributed by atoms with Crippen molar-refractivity contribution in [3.8, 4) is 0 Å². The second-order valence-corrected chi connectivity index (χ2v) is 13.7. The number of fused-ring (bicyclic) bond motifs is 1. The maximum absolute atomic E-state index is 13.8. The zero-order valence-electron chi connectivity index (χ0n) is 25.8. The second kappa shape index (κ2) is 11.3. The Kier molecular flexibility index (Phi) is 7.48. The topological polar surface area (TPSA) is 98.0 Å². The van der Waals surface area contributed by atoms with Gasteiger partial charge in [0.1, 0.15) is 5.82 Å². The zero-order chi connectivity index (χ0) is 29.7. The van der Waals surface area contributed by atoms with Gasteiger partial charge in [0.15, 0.2) is 0 Å². The molecule has 6 aliphatic rings. The van der Waals surface area contributed by atoms with E-state index in [4.69, 9.17) is 10.7 Å². The van der Waals surface area contributed by atoms with Gasteiger partial charge < -0.3 is 20.9 Å². The third-order valence-electron chi connectivity index (χ3n) is 11.5. The van der Waals surface area contributed by atoms with Gasteiger partial charge in [0, 0.05) is 56.8 Å². The predicted octanol–water partition coefficient (Wildman–Crippen LogP) is 4.74. The number of para-hydroxylation sites is 2. The van der Waals surface area contributed by atoms with Crippen molar-refractivity contribution in [2.24, 2.45) is 28.9 Å². The van der Waals surface area contributed by atoms with Crippen LogP contribution in [0.5, 0.6) is 0 Å². The summed E-state index contributed by atoms with van der Waals surface area (Å²) >= 11 is 0. The van der Waals surface area contributed by atoms with Crippen LogP contribution in [0.1, 0.15) is 58.8 Å². The predicted molar refractivity (Wildman–Crippen MR) is 171 cm³/mol. The molecule has 3 unspecified atom stereocenters. The van der Waals surface area contributed by atoms with Crippen LogP contribution in [0.4, 0.5) is 27.7 Å². The van der Waals surface area contributed by atoms with E-state index in [-0.39, 0.29) is 23.4 Å². The van der Waals surface area contributed by atoms with E-state index >= 15 is 0 Å². The zero-order valence-corrected chi connectivity index (χ0v) is 25.8. The minimum absolute atomic E-state index is 0.0338. The number of pyridine rings is 1. The number of nitrogens with two attached hydrogens (primary N) is 1. The summed E-state index contributed by atoms with van der Waals surface area (Å²) in [5.74, 6) is 2.02. The lowest BCUT2D eigenvalue weighted by Crippen LogP contribution is -2.63. The molecule has 4 saturated carbocycles. The molecule has 9 nitrogen and oxygen atoms in total. The van der Waals surface area contributed by atoms with Crippen LogP contribution in [0, 0.1) is 23.2 Å². The SMILES string of the molecule is CCC(CC)N1CCN(c2ccc(N3CCN(C(=O)NC4[C@@H]5CC6C[C@H]4CC(C(N)=O)(C6)C5)c4ccccc43)nc2)CC1. The number of nitrogens with zero attached hydrogens (tertiary/aromatic N) is 5. The molecule has 3 N–H and O–H groups in total. The molecule has 1 aromatic heterocycles. The molecule has 1 aromatic carbocycles. The fourth-order valence-corrected chi connectivity index (χ4v) is 9.47. The summed E-state index contributed by atoms with van der Waals surface area (Å²) in [6.07, 6.45) is 9.20. The van der Waals surface area contributed by atoms with Crippen LogP contribution < -0.4 is 25.8 Å². The van der Waals surface area contributed by atoms with Gasteiger partial charge in [0.2, 0.25) is 5.91 Å². The number of urea groups is 1. The van der Waals surface area contributed by atoms with E-state index in [0.717, 1.165) is 75.5 Å². The minimum atomic E-state index is -0.347. The summed E-state index contributed by atoms with van der Waals surface area (Å²) in [6.45, 7) is 10.1. The molecule has 230 valence electrons. The number of primary amides is 1. The highest BCUT2D eigenvalue weighted by molar-refractivity contribution is 5.98. The second-order valence-electron chi connectivity index (χ2n) is 13.7. The summed E-state index contributed by atoms with van der Waals surface area (Å²) in [5, 5.41) is 3.44. The summed E-state index contributed by atoms with van der Waals surface area (Å²) in [7, 11) is 0. The lowest BCUT2D eigenvalue weighted by atomic mass is 9.47. The van der Waals surface area contributed by atoms with Gasteiger partial charge >= 0.3 is 6.03 Å². The number of aromatic nitrogens is 1. The molecule has 5 fully saturated rings. The highest BCUT2D eigenvalue weighted by atomic mass is 16.2. The number of amides is 3. The number of carbonyl (C=O) groups is 2. The fraction of sp³-hybridized carbons (Fsp3) is 0.618. The minimum Gasteiger partial charge on any atom is -0.369 e. The molecule has 3 heterocycles. The Morgan fingerprint density at radius 1 is 0.930 bits per heavy atom. The number of piperazine rings is 1. The van der Waals surface area contributed by atoms with Gasteiger partial charge in [-0.05, 0) is 87.0 Å².